The smallest absolute Gasteiger partial charge is 0.317 e. The summed E-state index contributed by atoms with van der Waals surface area (Å²) in [4.78, 5) is 11.5. The van der Waals surface area contributed by atoms with E-state index >= 15 is 0 Å². The molecule has 0 saturated carbocycles. The van der Waals surface area contributed by atoms with Crippen molar-refractivity contribution in [1.29, 1.82) is 0 Å². The molecule has 0 aliphatic rings. The van der Waals surface area contributed by atoms with E-state index < -0.39 is 6.23 Å². The molecule has 0 bridgehead atoms. The second-order valence-corrected chi connectivity index (χ2v) is 5.30. The molecule has 4 nitrogen and oxygen atoms in total. The van der Waals surface area contributed by atoms with Crippen LogP contribution in [0.5, 0.6) is 5.75 Å². The van der Waals surface area contributed by atoms with Gasteiger partial charge in [0.05, 0.1) is 0 Å². The lowest BCUT2D eigenvalue weighted by Gasteiger charge is -2.17. The Bertz CT molecular complexity index is 407. The molecule has 1 unspecified atom stereocenters. The van der Waals surface area contributed by atoms with E-state index in [1.165, 1.54) is 5.56 Å². The monoisotopic (exact) mass is 298 g/mol. The number of ether oxygens (including phenoxy) is 1. The van der Waals surface area contributed by atoms with Crippen molar-refractivity contribution in [1.82, 2.24) is 10.6 Å². The highest BCUT2D eigenvalue weighted by atomic mass is 35.5. The predicted molar refractivity (Wildman–Crippen MR) is 82.5 cm³/mol. The molecule has 0 heterocycles. The van der Waals surface area contributed by atoms with E-state index in [4.69, 9.17) is 16.3 Å². The van der Waals surface area contributed by atoms with Gasteiger partial charge < -0.3 is 15.4 Å². The van der Waals surface area contributed by atoms with E-state index in [2.05, 4.69) is 24.5 Å². The van der Waals surface area contributed by atoms with Gasteiger partial charge in [-0.2, -0.15) is 0 Å². The summed E-state index contributed by atoms with van der Waals surface area (Å²) in [6, 6.07) is 7.65. The van der Waals surface area contributed by atoms with Crippen LogP contribution in [0, 0.1) is 0 Å². The van der Waals surface area contributed by atoms with Gasteiger partial charge >= 0.3 is 6.03 Å². The fourth-order valence-electron chi connectivity index (χ4n) is 1.67. The molecule has 1 rings (SSSR count). The van der Waals surface area contributed by atoms with Crippen molar-refractivity contribution >= 4 is 17.6 Å². The number of halogens is 1. The number of amides is 2. The Morgan fingerprint density at radius 1 is 1.25 bits per heavy atom. The first-order chi connectivity index (χ1) is 9.52. The van der Waals surface area contributed by atoms with Crippen LogP contribution in [-0.2, 0) is 0 Å². The van der Waals surface area contributed by atoms with E-state index in [-0.39, 0.29) is 6.03 Å². The third-order valence-corrected chi connectivity index (χ3v) is 3.06. The Labute approximate surface area is 125 Å². The van der Waals surface area contributed by atoms with Crippen LogP contribution in [-0.4, -0.2) is 24.7 Å². The molecule has 112 valence electrons. The van der Waals surface area contributed by atoms with Gasteiger partial charge in [0.15, 0.2) is 6.23 Å². The molecule has 5 heteroatoms. The second kappa shape index (κ2) is 8.69. The summed E-state index contributed by atoms with van der Waals surface area (Å²) in [5.41, 5.74) is 1.26. The van der Waals surface area contributed by atoms with Crippen molar-refractivity contribution in [2.45, 2.75) is 39.3 Å². The first kappa shape index (κ1) is 16.6. The van der Waals surface area contributed by atoms with Gasteiger partial charge in [0.1, 0.15) is 5.75 Å². The number of hydrogen-bond donors (Lipinski definition) is 2. The Kier molecular flexibility index (Phi) is 7.23. The summed E-state index contributed by atoms with van der Waals surface area (Å²) in [7, 11) is 0. The molecular weight excluding hydrogens is 276 g/mol. The van der Waals surface area contributed by atoms with E-state index in [1.54, 1.807) is 6.92 Å². The minimum absolute atomic E-state index is 0.249. The van der Waals surface area contributed by atoms with Gasteiger partial charge in [-0.15, -0.1) is 11.6 Å². The number of carbonyl (C=O) groups excluding carboxylic acids is 1. The highest BCUT2D eigenvalue weighted by molar-refractivity contribution is 6.17. The van der Waals surface area contributed by atoms with Crippen LogP contribution in [0.2, 0.25) is 0 Å². The van der Waals surface area contributed by atoms with Gasteiger partial charge in [0.2, 0.25) is 0 Å². The van der Waals surface area contributed by atoms with Gasteiger partial charge in [0.25, 0.3) is 0 Å². The lowest BCUT2D eigenvalue weighted by atomic mass is 10.0. The van der Waals surface area contributed by atoms with Crippen LogP contribution >= 0.6 is 11.6 Å². The molecule has 0 radical (unpaired) electrons. The number of urea groups is 1. The van der Waals surface area contributed by atoms with E-state index in [0.717, 1.165) is 12.2 Å². The molecule has 20 heavy (non-hydrogen) atoms. The number of alkyl halides is 1. The molecule has 0 aliphatic heterocycles. The maximum absolute atomic E-state index is 11.5. The number of rotatable bonds is 7. The lowest BCUT2D eigenvalue weighted by molar-refractivity contribution is 0.177. The molecule has 0 aromatic heterocycles. The SMILES string of the molecule is CC(NC(=O)NCCCCl)Oc1ccc(C(C)C)cc1. The van der Waals surface area contributed by atoms with Gasteiger partial charge in [-0.3, -0.25) is 0 Å². The first-order valence-electron chi connectivity index (χ1n) is 6.90. The summed E-state index contributed by atoms with van der Waals surface area (Å²) in [6.07, 6.45) is 0.358. The average molecular weight is 299 g/mol. The number of benzene rings is 1. The molecule has 0 aliphatic carbocycles. The van der Waals surface area contributed by atoms with Crippen LogP contribution in [0.15, 0.2) is 24.3 Å². The third kappa shape index (κ3) is 6.15. The fourth-order valence-corrected chi connectivity index (χ4v) is 1.80. The van der Waals surface area contributed by atoms with E-state index in [1.807, 2.05) is 24.3 Å². The van der Waals surface area contributed by atoms with Gasteiger partial charge in [0, 0.05) is 12.4 Å². The Morgan fingerprint density at radius 2 is 1.90 bits per heavy atom. The zero-order chi connectivity index (χ0) is 15.0. The summed E-state index contributed by atoms with van der Waals surface area (Å²) in [6.45, 7) is 6.64. The molecule has 1 atom stereocenters. The molecule has 1 aromatic rings. The van der Waals surface area contributed by atoms with Crippen molar-refractivity contribution < 1.29 is 9.53 Å². The fraction of sp³-hybridized carbons (Fsp3) is 0.533. The number of hydrogen-bond acceptors (Lipinski definition) is 2. The number of nitrogens with one attached hydrogen (secondary N) is 2. The summed E-state index contributed by atoms with van der Waals surface area (Å²) >= 11 is 5.54. The maximum atomic E-state index is 11.5. The highest BCUT2D eigenvalue weighted by Crippen LogP contribution is 2.19. The minimum Gasteiger partial charge on any atom is -0.471 e. The molecule has 2 N–H and O–H groups in total. The first-order valence-corrected chi connectivity index (χ1v) is 7.43. The highest BCUT2D eigenvalue weighted by Gasteiger charge is 2.08. The van der Waals surface area contributed by atoms with Crippen molar-refractivity contribution in [3.05, 3.63) is 29.8 Å². The minimum atomic E-state index is -0.393. The van der Waals surface area contributed by atoms with Crippen molar-refractivity contribution in [2.24, 2.45) is 0 Å². The second-order valence-electron chi connectivity index (χ2n) is 4.93. The predicted octanol–water partition coefficient (Wildman–Crippen LogP) is 3.46. The Morgan fingerprint density at radius 3 is 2.45 bits per heavy atom. The van der Waals surface area contributed by atoms with E-state index in [0.29, 0.717) is 18.3 Å². The van der Waals surface area contributed by atoms with Crippen LogP contribution in [0.3, 0.4) is 0 Å². The van der Waals surface area contributed by atoms with Crippen LogP contribution < -0.4 is 15.4 Å². The van der Waals surface area contributed by atoms with Crippen LogP contribution in [0.1, 0.15) is 38.7 Å². The Hall–Kier alpha value is -1.42. The molecule has 0 fully saturated rings. The van der Waals surface area contributed by atoms with Crippen LogP contribution in [0.25, 0.3) is 0 Å². The zero-order valence-corrected chi connectivity index (χ0v) is 13.0. The molecule has 2 amide bonds. The zero-order valence-electron chi connectivity index (χ0n) is 12.3. The number of carbonyl (C=O) groups is 1. The molecular formula is C15H23ClN2O2. The topological polar surface area (TPSA) is 50.4 Å². The third-order valence-electron chi connectivity index (χ3n) is 2.79. The Balaban J connectivity index is 2.37. The van der Waals surface area contributed by atoms with Crippen molar-refractivity contribution in [2.75, 3.05) is 12.4 Å². The van der Waals surface area contributed by atoms with Crippen molar-refractivity contribution in [3.8, 4) is 5.75 Å². The molecule has 0 spiro atoms. The van der Waals surface area contributed by atoms with Gasteiger partial charge in [-0.1, -0.05) is 26.0 Å². The average Bonchev–Trinajstić information content (AvgIpc) is 2.39. The maximum Gasteiger partial charge on any atom is 0.317 e. The van der Waals surface area contributed by atoms with Gasteiger partial charge in [-0.25, -0.2) is 4.79 Å². The summed E-state index contributed by atoms with van der Waals surface area (Å²) in [5.74, 6) is 1.77. The summed E-state index contributed by atoms with van der Waals surface area (Å²) < 4.78 is 5.63. The lowest BCUT2D eigenvalue weighted by Crippen LogP contribution is -2.43. The molecule has 1 aromatic carbocycles. The van der Waals surface area contributed by atoms with E-state index in [9.17, 15) is 4.79 Å². The normalized spacial score (nSPS) is 12.1. The summed E-state index contributed by atoms with van der Waals surface area (Å²) in [5, 5.41) is 5.42. The largest absolute Gasteiger partial charge is 0.471 e. The van der Waals surface area contributed by atoms with Gasteiger partial charge in [-0.05, 0) is 37.0 Å². The quantitative estimate of drug-likeness (QED) is 0.460. The standard InChI is InChI=1S/C15H23ClN2O2/c1-11(2)13-5-7-14(8-6-13)20-12(3)18-15(19)17-10-4-9-16/h5-8,11-12H,4,9-10H2,1-3H3,(H2,17,18,19). The molecule has 0 saturated heterocycles. The van der Waals surface area contributed by atoms with Crippen LogP contribution in [0.4, 0.5) is 4.79 Å². The van der Waals surface area contributed by atoms with Crippen molar-refractivity contribution in [3.63, 3.8) is 0 Å².